The van der Waals surface area contributed by atoms with E-state index in [1.807, 2.05) is 24.3 Å². The maximum atomic E-state index is 5.64. The fourth-order valence-electron chi connectivity index (χ4n) is 1.30. The summed E-state index contributed by atoms with van der Waals surface area (Å²) in [5, 5.41) is 4.14. The van der Waals surface area contributed by atoms with Gasteiger partial charge in [-0.3, -0.25) is 0 Å². The highest BCUT2D eigenvalue weighted by Gasteiger charge is 1.97. The minimum atomic E-state index is 0.551. The Morgan fingerprint density at radius 1 is 1.20 bits per heavy atom. The summed E-state index contributed by atoms with van der Waals surface area (Å²) >= 11 is 1.68. The second-order valence-corrected chi connectivity index (χ2v) is 4.05. The molecule has 0 bridgehead atoms. The Hall–Kier alpha value is -1.32. The number of hydrogen-bond acceptors (Lipinski definition) is 3. The van der Waals surface area contributed by atoms with E-state index >= 15 is 0 Å². The Morgan fingerprint density at radius 2 is 2.13 bits per heavy atom. The monoisotopic (exact) mass is 219 g/mol. The molecule has 15 heavy (non-hydrogen) atoms. The summed E-state index contributed by atoms with van der Waals surface area (Å²) in [6.45, 7) is 1.17. The van der Waals surface area contributed by atoms with Gasteiger partial charge in [0.15, 0.2) is 0 Å². The topological polar surface area (TPSA) is 35.2 Å². The van der Waals surface area contributed by atoms with E-state index in [9.17, 15) is 0 Å². The molecule has 2 aromatic rings. The molecule has 0 amide bonds. The molecule has 2 N–H and O–H groups in total. The number of hydrogen-bond donors (Lipinski definition) is 1. The molecule has 0 fully saturated rings. The van der Waals surface area contributed by atoms with E-state index in [1.54, 1.807) is 11.3 Å². The second-order valence-electron chi connectivity index (χ2n) is 3.27. The van der Waals surface area contributed by atoms with Crippen LogP contribution in [-0.4, -0.2) is 0 Å². The van der Waals surface area contributed by atoms with Crippen LogP contribution in [0.15, 0.2) is 41.1 Å². The largest absolute Gasteiger partial charge is 0.489 e. The number of nitrogens with two attached hydrogens (primary N) is 1. The van der Waals surface area contributed by atoms with Gasteiger partial charge in [0.25, 0.3) is 0 Å². The van der Waals surface area contributed by atoms with Gasteiger partial charge < -0.3 is 10.5 Å². The van der Waals surface area contributed by atoms with E-state index in [4.69, 9.17) is 10.5 Å². The van der Waals surface area contributed by atoms with Crippen LogP contribution in [0.25, 0.3) is 0 Å². The van der Waals surface area contributed by atoms with Gasteiger partial charge in [-0.05, 0) is 40.1 Å². The van der Waals surface area contributed by atoms with Crippen molar-refractivity contribution in [2.45, 2.75) is 13.2 Å². The van der Waals surface area contributed by atoms with Gasteiger partial charge >= 0.3 is 0 Å². The first kappa shape index (κ1) is 10.2. The highest BCUT2D eigenvalue weighted by Crippen LogP contribution is 2.15. The van der Waals surface area contributed by atoms with Crippen LogP contribution in [0.1, 0.15) is 11.1 Å². The van der Waals surface area contributed by atoms with Crippen molar-refractivity contribution in [1.82, 2.24) is 0 Å². The van der Waals surface area contributed by atoms with Crippen LogP contribution in [0.4, 0.5) is 0 Å². The average molecular weight is 219 g/mol. The van der Waals surface area contributed by atoms with Crippen LogP contribution >= 0.6 is 11.3 Å². The van der Waals surface area contributed by atoms with Gasteiger partial charge in [0.1, 0.15) is 12.4 Å². The van der Waals surface area contributed by atoms with Crippen molar-refractivity contribution in [2.24, 2.45) is 5.73 Å². The number of thiophene rings is 1. The first-order chi connectivity index (χ1) is 7.38. The summed E-state index contributed by atoms with van der Waals surface area (Å²) in [7, 11) is 0. The first-order valence-electron chi connectivity index (χ1n) is 4.81. The lowest BCUT2D eigenvalue weighted by Crippen LogP contribution is -1.98. The molecule has 3 heteroatoms. The highest BCUT2D eigenvalue weighted by molar-refractivity contribution is 7.07. The molecule has 0 atom stereocenters. The first-order valence-corrected chi connectivity index (χ1v) is 5.75. The zero-order valence-electron chi connectivity index (χ0n) is 8.35. The standard InChI is InChI=1S/C12H13NOS/c13-7-10-2-1-3-12(6-10)14-8-11-4-5-15-9-11/h1-6,9H,7-8,13H2. The molecule has 0 aliphatic rings. The summed E-state index contributed by atoms with van der Waals surface area (Å²) in [6, 6.07) is 9.96. The molecule has 1 aromatic carbocycles. The number of benzene rings is 1. The maximum absolute atomic E-state index is 5.64. The summed E-state index contributed by atoms with van der Waals surface area (Å²) < 4.78 is 5.64. The molecule has 0 saturated heterocycles. The van der Waals surface area contributed by atoms with E-state index in [0.717, 1.165) is 11.3 Å². The molecule has 1 heterocycles. The molecule has 0 unspecified atom stereocenters. The maximum Gasteiger partial charge on any atom is 0.120 e. The number of ether oxygens (including phenoxy) is 1. The number of rotatable bonds is 4. The Kier molecular flexibility index (Phi) is 3.37. The lowest BCUT2D eigenvalue weighted by Gasteiger charge is -2.05. The van der Waals surface area contributed by atoms with Crippen molar-refractivity contribution in [1.29, 1.82) is 0 Å². The fourth-order valence-corrected chi connectivity index (χ4v) is 1.96. The zero-order valence-corrected chi connectivity index (χ0v) is 9.17. The molecule has 0 saturated carbocycles. The van der Waals surface area contributed by atoms with E-state index < -0.39 is 0 Å². The van der Waals surface area contributed by atoms with Crippen molar-refractivity contribution in [2.75, 3.05) is 0 Å². The molecule has 0 aliphatic heterocycles. The normalized spacial score (nSPS) is 10.2. The van der Waals surface area contributed by atoms with Gasteiger partial charge in [0.05, 0.1) is 0 Å². The van der Waals surface area contributed by atoms with E-state index in [2.05, 4.69) is 16.8 Å². The van der Waals surface area contributed by atoms with E-state index in [1.165, 1.54) is 5.56 Å². The van der Waals surface area contributed by atoms with Crippen LogP contribution in [0, 0.1) is 0 Å². The summed E-state index contributed by atoms with van der Waals surface area (Å²) in [6.07, 6.45) is 0. The van der Waals surface area contributed by atoms with Crippen molar-refractivity contribution in [3.8, 4) is 5.75 Å². The van der Waals surface area contributed by atoms with Crippen molar-refractivity contribution < 1.29 is 4.74 Å². The van der Waals surface area contributed by atoms with Gasteiger partial charge in [0, 0.05) is 6.54 Å². The predicted octanol–water partition coefficient (Wildman–Crippen LogP) is 2.79. The van der Waals surface area contributed by atoms with E-state index in [-0.39, 0.29) is 0 Å². The summed E-state index contributed by atoms with van der Waals surface area (Å²) in [5.74, 6) is 0.879. The molecular weight excluding hydrogens is 206 g/mol. The minimum Gasteiger partial charge on any atom is -0.489 e. The molecular formula is C12H13NOS. The van der Waals surface area contributed by atoms with Gasteiger partial charge in [0.2, 0.25) is 0 Å². The van der Waals surface area contributed by atoms with Gasteiger partial charge in [-0.1, -0.05) is 12.1 Å². The van der Waals surface area contributed by atoms with E-state index in [0.29, 0.717) is 13.2 Å². The highest BCUT2D eigenvalue weighted by atomic mass is 32.1. The fraction of sp³-hybridized carbons (Fsp3) is 0.167. The molecule has 2 rings (SSSR count). The second kappa shape index (κ2) is 4.96. The zero-order chi connectivity index (χ0) is 10.5. The van der Waals surface area contributed by atoms with Crippen LogP contribution in [0.5, 0.6) is 5.75 Å². The minimum absolute atomic E-state index is 0.551. The van der Waals surface area contributed by atoms with Crippen LogP contribution < -0.4 is 10.5 Å². The SMILES string of the molecule is NCc1cccc(OCc2ccsc2)c1. The lowest BCUT2D eigenvalue weighted by molar-refractivity contribution is 0.306. The van der Waals surface area contributed by atoms with Crippen molar-refractivity contribution >= 4 is 11.3 Å². The van der Waals surface area contributed by atoms with Crippen molar-refractivity contribution in [3.63, 3.8) is 0 Å². The molecule has 78 valence electrons. The Balaban J connectivity index is 1.98. The summed E-state index contributed by atoms with van der Waals surface area (Å²) in [4.78, 5) is 0. The van der Waals surface area contributed by atoms with Gasteiger partial charge in [-0.15, -0.1) is 0 Å². The quantitative estimate of drug-likeness (QED) is 0.858. The smallest absolute Gasteiger partial charge is 0.120 e. The Bertz CT molecular complexity index is 411. The average Bonchev–Trinajstić information content (AvgIpc) is 2.79. The Labute approximate surface area is 93.3 Å². The van der Waals surface area contributed by atoms with Crippen LogP contribution in [0.3, 0.4) is 0 Å². The lowest BCUT2D eigenvalue weighted by atomic mass is 10.2. The third kappa shape index (κ3) is 2.81. The van der Waals surface area contributed by atoms with Crippen LogP contribution in [0.2, 0.25) is 0 Å². The molecule has 2 nitrogen and oxygen atoms in total. The summed E-state index contributed by atoms with van der Waals surface area (Å²) in [5.41, 5.74) is 7.86. The third-order valence-electron chi connectivity index (χ3n) is 2.12. The molecule has 0 radical (unpaired) electrons. The molecule has 1 aromatic heterocycles. The molecule has 0 aliphatic carbocycles. The Morgan fingerprint density at radius 3 is 2.87 bits per heavy atom. The van der Waals surface area contributed by atoms with Gasteiger partial charge in [-0.2, -0.15) is 11.3 Å². The third-order valence-corrected chi connectivity index (χ3v) is 2.85. The van der Waals surface area contributed by atoms with Gasteiger partial charge in [-0.25, -0.2) is 0 Å². The molecule has 0 spiro atoms. The predicted molar refractivity (Wildman–Crippen MR) is 63.0 cm³/mol. The van der Waals surface area contributed by atoms with Crippen LogP contribution in [-0.2, 0) is 13.2 Å². The van der Waals surface area contributed by atoms with Crippen molar-refractivity contribution in [3.05, 3.63) is 52.2 Å².